The van der Waals surface area contributed by atoms with E-state index in [0.717, 1.165) is 43.4 Å². The number of carbonyl (C=O) groups is 2. The molecule has 4 saturated carbocycles. The fourth-order valence-electron chi connectivity index (χ4n) is 6.44. The Morgan fingerprint density at radius 3 is 2.36 bits per heavy atom. The zero-order valence-corrected chi connectivity index (χ0v) is 16.3. The highest BCUT2D eigenvalue weighted by atomic mass is 16.3. The molecule has 6 rings (SSSR count). The molecule has 1 aromatic heterocycles. The van der Waals surface area contributed by atoms with E-state index in [2.05, 4.69) is 0 Å². The largest absolute Gasteiger partial charge is 0.453 e. The van der Waals surface area contributed by atoms with Gasteiger partial charge in [0, 0.05) is 17.4 Å². The second-order valence-electron chi connectivity index (χ2n) is 9.44. The number of hydrogen-bond acceptors (Lipinski definition) is 3. The summed E-state index contributed by atoms with van der Waals surface area (Å²) >= 11 is 0. The summed E-state index contributed by atoms with van der Waals surface area (Å²) in [5.41, 5.74) is 7.67. The third-order valence-corrected chi connectivity index (χ3v) is 7.63. The zero-order chi connectivity index (χ0) is 19.5. The van der Waals surface area contributed by atoms with Gasteiger partial charge in [-0.3, -0.25) is 9.59 Å². The third kappa shape index (κ3) is 2.81. The quantitative estimate of drug-likeness (QED) is 0.764. The van der Waals surface area contributed by atoms with Gasteiger partial charge in [0.15, 0.2) is 11.5 Å². The summed E-state index contributed by atoms with van der Waals surface area (Å²) in [5, 5.41) is 0. The molecular formula is C24H27NO3. The Kier molecular flexibility index (Phi) is 4.01. The van der Waals surface area contributed by atoms with Crippen molar-refractivity contribution < 1.29 is 14.0 Å². The number of amides is 1. The number of furan rings is 1. The van der Waals surface area contributed by atoms with Gasteiger partial charge in [0.05, 0.1) is 0 Å². The smallest absolute Gasteiger partial charge is 0.223 e. The number of ketones is 1. The minimum atomic E-state index is -0.292. The summed E-state index contributed by atoms with van der Waals surface area (Å²) in [4.78, 5) is 25.1. The maximum Gasteiger partial charge on any atom is 0.223 e. The van der Waals surface area contributed by atoms with Gasteiger partial charge in [-0.25, -0.2) is 0 Å². The van der Waals surface area contributed by atoms with Gasteiger partial charge in [0.1, 0.15) is 5.76 Å². The Morgan fingerprint density at radius 2 is 1.71 bits per heavy atom. The summed E-state index contributed by atoms with van der Waals surface area (Å²) in [6.45, 7) is 2.05. The van der Waals surface area contributed by atoms with E-state index in [-0.39, 0.29) is 17.1 Å². The minimum absolute atomic E-state index is 0.0870. The van der Waals surface area contributed by atoms with E-state index in [0.29, 0.717) is 35.9 Å². The molecule has 4 aliphatic carbocycles. The Balaban J connectivity index is 1.32. The first kappa shape index (κ1) is 17.7. The van der Waals surface area contributed by atoms with Crippen LogP contribution < -0.4 is 5.73 Å². The number of nitrogens with two attached hydrogens (primary N) is 1. The van der Waals surface area contributed by atoms with Crippen molar-refractivity contribution in [3.63, 3.8) is 0 Å². The average molecular weight is 377 g/mol. The molecule has 4 aliphatic rings. The highest BCUT2D eigenvalue weighted by Crippen LogP contribution is 2.62. The molecule has 4 bridgehead atoms. The standard InChI is InChI=1S/C24H27NO3/c1-14-2-4-16(5-3-14)21-6-7-22(28-21)20(26)10-19-17-8-15-9-18(19)13-24(11-15,12-17)23(25)27/h2-7,15,17-19H,8-13H2,1H3,(H2,25,27). The van der Waals surface area contributed by atoms with Crippen molar-refractivity contribution in [3.05, 3.63) is 47.7 Å². The van der Waals surface area contributed by atoms with Gasteiger partial charge < -0.3 is 10.2 Å². The molecule has 2 aromatic rings. The summed E-state index contributed by atoms with van der Waals surface area (Å²) in [5.74, 6) is 3.05. The molecule has 2 atom stereocenters. The van der Waals surface area contributed by atoms with E-state index in [4.69, 9.17) is 10.2 Å². The fraction of sp³-hybridized carbons (Fsp3) is 0.500. The number of primary amides is 1. The number of aryl methyl sites for hydroxylation is 1. The normalized spacial score (nSPS) is 33.2. The molecule has 0 radical (unpaired) electrons. The van der Waals surface area contributed by atoms with Crippen LogP contribution in [0.4, 0.5) is 0 Å². The number of rotatable bonds is 5. The first-order chi connectivity index (χ1) is 13.4. The molecule has 0 saturated heterocycles. The van der Waals surface area contributed by atoms with Crippen LogP contribution in [0.2, 0.25) is 0 Å². The van der Waals surface area contributed by atoms with Gasteiger partial charge in [0.2, 0.25) is 5.91 Å². The van der Waals surface area contributed by atoms with E-state index < -0.39 is 0 Å². The molecule has 0 aliphatic heterocycles. The Morgan fingerprint density at radius 1 is 1.04 bits per heavy atom. The lowest BCUT2D eigenvalue weighted by atomic mass is 9.45. The van der Waals surface area contributed by atoms with Crippen molar-refractivity contribution >= 4 is 11.7 Å². The number of Topliss-reactive ketones (excluding diaryl/α,β-unsaturated/α-hetero) is 1. The van der Waals surface area contributed by atoms with E-state index >= 15 is 0 Å². The maximum absolute atomic E-state index is 13.0. The van der Waals surface area contributed by atoms with Gasteiger partial charge in [0.25, 0.3) is 0 Å². The van der Waals surface area contributed by atoms with Gasteiger partial charge >= 0.3 is 0 Å². The molecule has 1 heterocycles. The summed E-state index contributed by atoms with van der Waals surface area (Å²) < 4.78 is 5.90. The zero-order valence-electron chi connectivity index (χ0n) is 16.3. The lowest BCUT2D eigenvalue weighted by molar-refractivity contribution is -0.149. The molecule has 2 unspecified atom stereocenters. The lowest BCUT2D eigenvalue weighted by Crippen LogP contribution is -2.56. The molecule has 28 heavy (non-hydrogen) atoms. The van der Waals surface area contributed by atoms with E-state index in [9.17, 15) is 9.59 Å². The van der Waals surface area contributed by atoms with Crippen LogP contribution >= 0.6 is 0 Å². The molecule has 1 amide bonds. The summed E-state index contributed by atoms with van der Waals surface area (Å²) in [6.07, 6.45) is 5.54. The fourth-order valence-corrected chi connectivity index (χ4v) is 6.44. The molecule has 4 heteroatoms. The van der Waals surface area contributed by atoms with Crippen molar-refractivity contribution in [1.82, 2.24) is 0 Å². The third-order valence-electron chi connectivity index (χ3n) is 7.63. The molecule has 1 aromatic carbocycles. The van der Waals surface area contributed by atoms with Crippen LogP contribution in [-0.2, 0) is 4.79 Å². The molecule has 146 valence electrons. The number of benzene rings is 1. The molecule has 4 fully saturated rings. The van der Waals surface area contributed by atoms with Crippen LogP contribution in [0, 0.1) is 36.0 Å². The van der Waals surface area contributed by atoms with Crippen LogP contribution in [0.5, 0.6) is 0 Å². The van der Waals surface area contributed by atoms with Gasteiger partial charge in [-0.15, -0.1) is 0 Å². The summed E-state index contributed by atoms with van der Waals surface area (Å²) in [7, 11) is 0. The van der Waals surface area contributed by atoms with Crippen LogP contribution in [-0.4, -0.2) is 11.7 Å². The van der Waals surface area contributed by atoms with Crippen molar-refractivity contribution in [2.75, 3.05) is 0 Å². The van der Waals surface area contributed by atoms with Gasteiger partial charge in [-0.05, 0) is 74.8 Å². The highest BCUT2D eigenvalue weighted by Gasteiger charge is 2.57. The monoisotopic (exact) mass is 377 g/mol. The Labute approximate surface area is 165 Å². The van der Waals surface area contributed by atoms with Crippen molar-refractivity contribution in [2.24, 2.45) is 34.8 Å². The van der Waals surface area contributed by atoms with Crippen molar-refractivity contribution in [3.8, 4) is 11.3 Å². The van der Waals surface area contributed by atoms with E-state index in [1.807, 2.05) is 37.3 Å². The Hall–Kier alpha value is -2.36. The maximum atomic E-state index is 13.0. The van der Waals surface area contributed by atoms with E-state index in [1.165, 1.54) is 5.56 Å². The second kappa shape index (κ2) is 6.33. The van der Waals surface area contributed by atoms with Gasteiger partial charge in [-0.1, -0.05) is 29.8 Å². The molecule has 2 N–H and O–H groups in total. The minimum Gasteiger partial charge on any atom is -0.453 e. The van der Waals surface area contributed by atoms with Crippen LogP contribution in [0.3, 0.4) is 0 Å². The predicted molar refractivity (Wildman–Crippen MR) is 107 cm³/mol. The number of carbonyl (C=O) groups excluding carboxylic acids is 2. The van der Waals surface area contributed by atoms with Crippen LogP contribution in [0.15, 0.2) is 40.8 Å². The highest BCUT2D eigenvalue weighted by molar-refractivity contribution is 5.94. The first-order valence-corrected chi connectivity index (χ1v) is 10.4. The van der Waals surface area contributed by atoms with E-state index in [1.54, 1.807) is 6.07 Å². The average Bonchev–Trinajstić information content (AvgIpc) is 3.15. The molecule has 0 spiro atoms. The van der Waals surface area contributed by atoms with Crippen molar-refractivity contribution in [2.45, 2.75) is 45.4 Å². The molecule has 4 nitrogen and oxygen atoms in total. The topological polar surface area (TPSA) is 73.3 Å². The first-order valence-electron chi connectivity index (χ1n) is 10.4. The second-order valence-corrected chi connectivity index (χ2v) is 9.44. The predicted octanol–water partition coefficient (Wildman–Crippen LogP) is 4.76. The molecular weight excluding hydrogens is 350 g/mol. The SMILES string of the molecule is Cc1ccc(-c2ccc(C(=O)CC3C4CC5CC3CC(C(N)=O)(C5)C4)o2)cc1. The summed E-state index contributed by atoms with van der Waals surface area (Å²) in [6, 6.07) is 11.8. The van der Waals surface area contributed by atoms with Crippen LogP contribution in [0.1, 0.15) is 54.6 Å². The Bertz CT molecular complexity index is 910. The lowest BCUT2D eigenvalue weighted by Gasteiger charge is -2.58. The van der Waals surface area contributed by atoms with Crippen molar-refractivity contribution in [1.29, 1.82) is 0 Å². The number of hydrogen-bond donors (Lipinski definition) is 1. The van der Waals surface area contributed by atoms with Crippen LogP contribution in [0.25, 0.3) is 11.3 Å². The van der Waals surface area contributed by atoms with Gasteiger partial charge in [-0.2, -0.15) is 0 Å².